The van der Waals surface area contributed by atoms with E-state index < -0.39 is 0 Å². The van der Waals surface area contributed by atoms with E-state index in [9.17, 15) is 0 Å². The monoisotopic (exact) mass is 375 g/mol. The molecular formula is C17H22BrN5. The molecule has 0 radical (unpaired) electrons. The standard InChI is InChI=1S/C17H22BrN5/c1-2-14-15(18)21-11-22-17(14)20-10-4-6-13-8-7-12-5-3-9-19-16(12)23-13/h7-8,11H,2-6,9-10H2,1H3,(H,19,23)(H,20,21,22). The number of pyridine rings is 1. The van der Waals surface area contributed by atoms with Crippen molar-refractivity contribution in [3.05, 3.63) is 39.9 Å². The third kappa shape index (κ3) is 3.99. The van der Waals surface area contributed by atoms with Crippen LogP contribution in [0.2, 0.25) is 0 Å². The lowest BCUT2D eigenvalue weighted by Crippen LogP contribution is -2.14. The Balaban J connectivity index is 1.53. The van der Waals surface area contributed by atoms with Gasteiger partial charge in [-0.05, 0) is 59.7 Å². The number of nitrogens with one attached hydrogen (secondary N) is 2. The fourth-order valence-corrected chi connectivity index (χ4v) is 3.40. The summed E-state index contributed by atoms with van der Waals surface area (Å²) in [7, 11) is 0. The summed E-state index contributed by atoms with van der Waals surface area (Å²) in [5.74, 6) is 2.00. The molecule has 0 saturated carbocycles. The molecule has 0 spiro atoms. The molecule has 23 heavy (non-hydrogen) atoms. The predicted octanol–water partition coefficient (Wildman–Crippen LogP) is 3.60. The van der Waals surface area contributed by atoms with Crippen LogP contribution in [0.25, 0.3) is 0 Å². The molecule has 2 aromatic rings. The van der Waals surface area contributed by atoms with Crippen molar-refractivity contribution in [3.8, 4) is 0 Å². The maximum atomic E-state index is 4.73. The second-order valence-electron chi connectivity index (χ2n) is 5.72. The highest BCUT2D eigenvalue weighted by molar-refractivity contribution is 9.10. The second-order valence-corrected chi connectivity index (χ2v) is 6.47. The number of nitrogens with zero attached hydrogens (tertiary/aromatic N) is 3. The van der Waals surface area contributed by atoms with Gasteiger partial charge in [-0.2, -0.15) is 0 Å². The van der Waals surface area contributed by atoms with Gasteiger partial charge < -0.3 is 10.6 Å². The molecular weight excluding hydrogens is 354 g/mol. The van der Waals surface area contributed by atoms with Crippen LogP contribution >= 0.6 is 15.9 Å². The molecule has 2 N–H and O–H groups in total. The third-order valence-corrected chi connectivity index (χ3v) is 4.78. The van der Waals surface area contributed by atoms with Crippen LogP contribution in [0.15, 0.2) is 23.1 Å². The lowest BCUT2D eigenvalue weighted by atomic mass is 10.1. The number of fused-ring (bicyclic) bond motifs is 1. The number of anilines is 2. The zero-order valence-corrected chi connectivity index (χ0v) is 15.0. The topological polar surface area (TPSA) is 62.7 Å². The first-order chi connectivity index (χ1) is 11.3. The van der Waals surface area contributed by atoms with Crippen LogP contribution in [0.1, 0.15) is 36.6 Å². The van der Waals surface area contributed by atoms with E-state index in [1.807, 2.05) is 0 Å². The summed E-state index contributed by atoms with van der Waals surface area (Å²) in [5, 5.41) is 6.80. The van der Waals surface area contributed by atoms with E-state index in [4.69, 9.17) is 4.98 Å². The van der Waals surface area contributed by atoms with Crippen LogP contribution in [-0.2, 0) is 19.3 Å². The molecule has 0 bridgehead atoms. The van der Waals surface area contributed by atoms with Gasteiger partial charge in [0.15, 0.2) is 0 Å². The first kappa shape index (κ1) is 16.2. The molecule has 1 aliphatic rings. The predicted molar refractivity (Wildman–Crippen MR) is 97.0 cm³/mol. The van der Waals surface area contributed by atoms with E-state index in [0.29, 0.717) is 0 Å². The Bertz CT molecular complexity index is 674. The SMILES string of the molecule is CCc1c(Br)ncnc1NCCCc1ccc2c(n1)NCCC2. The molecule has 3 rings (SSSR count). The molecule has 2 aromatic heterocycles. The zero-order valence-electron chi connectivity index (χ0n) is 13.4. The fourth-order valence-electron chi connectivity index (χ4n) is 2.84. The van der Waals surface area contributed by atoms with Crippen molar-refractivity contribution in [3.63, 3.8) is 0 Å². The number of aryl methyl sites for hydroxylation is 2. The smallest absolute Gasteiger partial charge is 0.133 e. The van der Waals surface area contributed by atoms with Crippen LogP contribution in [0.5, 0.6) is 0 Å². The van der Waals surface area contributed by atoms with E-state index in [1.165, 1.54) is 12.0 Å². The molecule has 6 heteroatoms. The van der Waals surface area contributed by atoms with Crippen molar-refractivity contribution < 1.29 is 0 Å². The number of halogens is 1. The molecule has 0 aromatic carbocycles. The number of hydrogen-bond acceptors (Lipinski definition) is 5. The highest BCUT2D eigenvalue weighted by Crippen LogP contribution is 2.21. The van der Waals surface area contributed by atoms with Crippen molar-refractivity contribution in [2.75, 3.05) is 23.7 Å². The zero-order chi connectivity index (χ0) is 16.1. The summed E-state index contributed by atoms with van der Waals surface area (Å²) < 4.78 is 0.875. The first-order valence-corrected chi connectivity index (χ1v) is 9.03. The maximum absolute atomic E-state index is 4.73. The Hall–Kier alpha value is -1.69. The van der Waals surface area contributed by atoms with Gasteiger partial charge in [-0.25, -0.2) is 15.0 Å². The van der Waals surface area contributed by atoms with Gasteiger partial charge in [-0.3, -0.25) is 0 Å². The van der Waals surface area contributed by atoms with Gasteiger partial charge in [0.25, 0.3) is 0 Å². The largest absolute Gasteiger partial charge is 0.370 e. The summed E-state index contributed by atoms with van der Waals surface area (Å²) in [5.41, 5.74) is 3.62. The maximum Gasteiger partial charge on any atom is 0.133 e. The van der Waals surface area contributed by atoms with Gasteiger partial charge in [0.05, 0.1) is 0 Å². The average molecular weight is 376 g/mol. The van der Waals surface area contributed by atoms with Gasteiger partial charge in [0.2, 0.25) is 0 Å². The van der Waals surface area contributed by atoms with Gasteiger partial charge in [0.1, 0.15) is 22.6 Å². The summed E-state index contributed by atoms with van der Waals surface area (Å²) in [6.45, 7) is 4.02. The Kier molecular flexibility index (Phi) is 5.43. The lowest BCUT2D eigenvalue weighted by Gasteiger charge is -2.17. The minimum Gasteiger partial charge on any atom is -0.370 e. The van der Waals surface area contributed by atoms with Gasteiger partial charge >= 0.3 is 0 Å². The minimum atomic E-state index is 0.875. The van der Waals surface area contributed by atoms with Crippen LogP contribution in [0.3, 0.4) is 0 Å². The van der Waals surface area contributed by atoms with Crippen molar-refractivity contribution in [1.29, 1.82) is 0 Å². The van der Waals surface area contributed by atoms with E-state index in [-0.39, 0.29) is 0 Å². The summed E-state index contributed by atoms with van der Waals surface area (Å²) in [4.78, 5) is 13.2. The first-order valence-electron chi connectivity index (χ1n) is 8.24. The Labute approximate surface area is 145 Å². The summed E-state index contributed by atoms with van der Waals surface area (Å²) in [6, 6.07) is 4.37. The van der Waals surface area contributed by atoms with Crippen molar-refractivity contribution in [2.24, 2.45) is 0 Å². The normalized spacial score (nSPS) is 13.3. The lowest BCUT2D eigenvalue weighted by molar-refractivity contribution is 0.793. The molecule has 122 valence electrons. The quantitative estimate of drug-likeness (QED) is 0.596. The highest BCUT2D eigenvalue weighted by atomic mass is 79.9. The molecule has 3 heterocycles. The molecule has 0 unspecified atom stereocenters. The van der Waals surface area contributed by atoms with Crippen LogP contribution in [0.4, 0.5) is 11.6 Å². The second kappa shape index (κ2) is 7.73. The van der Waals surface area contributed by atoms with E-state index in [1.54, 1.807) is 6.33 Å². The van der Waals surface area contributed by atoms with Gasteiger partial charge in [-0.1, -0.05) is 13.0 Å². The Morgan fingerprint density at radius 1 is 1.30 bits per heavy atom. The van der Waals surface area contributed by atoms with Gasteiger partial charge in [0, 0.05) is 24.3 Å². The Morgan fingerprint density at radius 3 is 3.09 bits per heavy atom. The molecule has 5 nitrogen and oxygen atoms in total. The molecule has 0 saturated heterocycles. The summed E-state index contributed by atoms with van der Waals surface area (Å²) in [6.07, 6.45) is 6.82. The van der Waals surface area contributed by atoms with Crippen LogP contribution in [0, 0.1) is 0 Å². The van der Waals surface area contributed by atoms with Crippen LogP contribution < -0.4 is 10.6 Å². The number of aromatic nitrogens is 3. The Morgan fingerprint density at radius 2 is 2.22 bits per heavy atom. The third-order valence-electron chi connectivity index (χ3n) is 4.10. The number of rotatable bonds is 6. The molecule has 0 fully saturated rings. The van der Waals surface area contributed by atoms with Crippen molar-refractivity contribution in [1.82, 2.24) is 15.0 Å². The van der Waals surface area contributed by atoms with Crippen molar-refractivity contribution in [2.45, 2.75) is 39.0 Å². The number of hydrogen-bond donors (Lipinski definition) is 2. The average Bonchev–Trinajstić information content (AvgIpc) is 2.58. The fraction of sp³-hybridized carbons (Fsp3) is 0.471. The molecule has 1 aliphatic heterocycles. The van der Waals surface area contributed by atoms with Crippen LogP contribution in [-0.4, -0.2) is 28.0 Å². The molecule has 0 amide bonds. The molecule has 0 aliphatic carbocycles. The van der Waals surface area contributed by atoms with Crippen molar-refractivity contribution >= 4 is 27.6 Å². The molecule has 0 atom stereocenters. The van der Waals surface area contributed by atoms with E-state index in [0.717, 1.165) is 66.3 Å². The highest BCUT2D eigenvalue weighted by Gasteiger charge is 2.10. The van der Waals surface area contributed by atoms with E-state index >= 15 is 0 Å². The van der Waals surface area contributed by atoms with E-state index in [2.05, 4.69) is 55.6 Å². The minimum absolute atomic E-state index is 0.875. The summed E-state index contributed by atoms with van der Waals surface area (Å²) >= 11 is 3.48. The van der Waals surface area contributed by atoms with Gasteiger partial charge in [-0.15, -0.1) is 0 Å².